The Morgan fingerprint density at radius 3 is 2.47 bits per heavy atom. The number of carbonyl (C=O) groups is 3. The average molecular weight is 433 g/mol. The number of nitrogens with zero attached hydrogens (tertiary/aromatic N) is 3. The third-order valence-corrected chi connectivity index (χ3v) is 6.87. The summed E-state index contributed by atoms with van der Waals surface area (Å²) in [5.41, 5.74) is 0.411. The number of rotatable bonds is 4. The minimum Gasteiger partial charge on any atom is -0.340 e. The van der Waals surface area contributed by atoms with Gasteiger partial charge in [-0.2, -0.15) is 0 Å². The molecule has 0 bridgehead atoms. The van der Waals surface area contributed by atoms with Crippen LogP contribution in [0.2, 0.25) is 5.02 Å². The summed E-state index contributed by atoms with van der Waals surface area (Å²) < 4.78 is 0. The fourth-order valence-electron chi connectivity index (χ4n) is 4.88. The number of urea groups is 1. The molecule has 4 amide bonds. The molecule has 2 saturated heterocycles. The Balaban J connectivity index is 1.37. The van der Waals surface area contributed by atoms with E-state index in [-0.39, 0.29) is 11.8 Å². The number of amides is 4. The smallest absolute Gasteiger partial charge is 0.325 e. The Morgan fingerprint density at radius 2 is 1.77 bits per heavy atom. The van der Waals surface area contributed by atoms with E-state index in [1.807, 2.05) is 24.3 Å². The standard InChI is InChI=1S/C22H29ClN4O3/c1-16(27-20(29)22(24-21(27)30)9-2-3-10-22)19(28)26-12-4-11-25(13-14-26)15-17-5-7-18(23)8-6-17/h5-8,16H,2-4,9-15H2,1H3,(H,24,30). The van der Waals surface area contributed by atoms with E-state index >= 15 is 0 Å². The summed E-state index contributed by atoms with van der Waals surface area (Å²) in [6.45, 7) is 5.35. The van der Waals surface area contributed by atoms with Crippen LogP contribution in [0.25, 0.3) is 0 Å². The van der Waals surface area contributed by atoms with Gasteiger partial charge in [0.05, 0.1) is 0 Å². The lowest BCUT2D eigenvalue weighted by Gasteiger charge is -2.29. The maximum absolute atomic E-state index is 13.2. The van der Waals surface area contributed by atoms with Gasteiger partial charge in [0.15, 0.2) is 0 Å². The second-order valence-corrected chi connectivity index (χ2v) is 9.09. The van der Waals surface area contributed by atoms with Crippen LogP contribution >= 0.6 is 11.6 Å². The monoisotopic (exact) mass is 432 g/mol. The molecule has 1 atom stereocenters. The number of carbonyl (C=O) groups excluding carboxylic acids is 3. The van der Waals surface area contributed by atoms with Crippen molar-refractivity contribution in [3.8, 4) is 0 Å². The van der Waals surface area contributed by atoms with Crippen molar-refractivity contribution in [1.29, 1.82) is 0 Å². The predicted octanol–water partition coefficient (Wildman–Crippen LogP) is 2.63. The highest BCUT2D eigenvalue weighted by Gasteiger charge is 2.54. The fraction of sp³-hybridized carbons (Fsp3) is 0.591. The molecule has 1 unspecified atom stereocenters. The Labute approximate surface area is 182 Å². The van der Waals surface area contributed by atoms with Gasteiger partial charge in [0.2, 0.25) is 5.91 Å². The summed E-state index contributed by atoms with van der Waals surface area (Å²) in [6, 6.07) is 6.62. The number of nitrogens with one attached hydrogen (secondary N) is 1. The molecule has 2 aliphatic heterocycles. The van der Waals surface area contributed by atoms with Crippen molar-refractivity contribution in [3.63, 3.8) is 0 Å². The number of hydrogen-bond donors (Lipinski definition) is 1. The van der Waals surface area contributed by atoms with Crippen molar-refractivity contribution in [2.45, 2.75) is 57.2 Å². The lowest BCUT2D eigenvalue weighted by atomic mass is 9.97. The maximum Gasteiger partial charge on any atom is 0.325 e. The van der Waals surface area contributed by atoms with Gasteiger partial charge < -0.3 is 10.2 Å². The van der Waals surface area contributed by atoms with Gasteiger partial charge in [0.1, 0.15) is 11.6 Å². The zero-order valence-corrected chi connectivity index (χ0v) is 18.2. The molecule has 0 aromatic heterocycles. The van der Waals surface area contributed by atoms with E-state index in [9.17, 15) is 14.4 Å². The van der Waals surface area contributed by atoms with Gasteiger partial charge in [-0.3, -0.25) is 14.5 Å². The molecule has 1 aromatic carbocycles. The molecule has 4 rings (SSSR count). The zero-order valence-electron chi connectivity index (χ0n) is 17.4. The lowest BCUT2D eigenvalue weighted by molar-refractivity contribution is -0.142. The van der Waals surface area contributed by atoms with E-state index in [1.165, 1.54) is 5.56 Å². The Bertz CT molecular complexity index is 822. The van der Waals surface area contributed by atoms with Crippen molar-refractivity contribution in [3.05, 3.63) is 34.9 Å². The molecule has 3 aliphatic rings. The number of imide groups is 1. The SMILES string of the molecule is CC(C(=O)N1CCCN(Cc2ccc(Cl)cc2)CC1)N1C(=O)NC2(CCCC2)C1=O. The summed E-state index contributed by atoms with van der Waals surface area (Å²) in [4.78, 5) is 43.9. The van der Waals surface area contributed by atoms with Gasteiger partial charge in [0, 0.05) is 37.7 Å². The molecule has 1 spiro atoms. The van der Waals surface area contributed by atoms with Gasteiger partial charge in [-0.15, -0.1) is 0 Å². The van der Waals surface area contributed by atoms with Gasteiger partial charge in [-0.05, 0) is 43.9 Å². The molecule has 7 nitrogen and oxygen atoms in total. The minimum absolute atomic E-state index is 0.151. The van der Waals surface area contributed by atoms with Crippen molar-refractivity contribution in [2.75, 3.05) is 26.2 Å². The molecular weight excluding hydrogens is 404 g/mol. The molecule has 162 valence electrons. The summed E-state index contributed by atoms with van der Waals surface area (Å²) >= 11 is 5.96. The van der Waals surface area contributed by atoms with Crippen molar-refractivity contribution in [1.82, 2.24) is 20.0 Å². The maximum atomic E-state index is 13.2. The highest BCUT2D eigenvalue weighted by molar-refractivity contribution is 6.30. The van der Waals surface area contributed by atoms with Crippen LogP contribution in [0.1, 0.15) is 44.6 Å². The number of halogens is 1. The second-order valence-electron chi connectivity index (χ2n) is 8.65. The highest BCUT2D eigenvalue weighted by atomic mass is 35.5. The largest absolute Gasteiger partial charge is 0.340 e. The lowest BCUT2D eigenvalue weighted by Crippen LogP contribution is -2.51. The van der Waals surface area contributed by atoms with Crippen LogP contribution < -0.4 is 5.32 Å². The number of benzene rings is 1. The third-order valence-electron chi connectivity index (χ3n) is 6.61. The van der Waals surface area contributed by atoms with E-state index in [4.69, 9.17) is 11.6 Å². The third kappa shape index (κ3) is 4.05. The van der Waals surface area contributed by atoms with Gasteiger partial charge in [-0.1, -0.05) is 36.6 Å². The van der Waals surface area contributed by atoms with Gasteiger partial charge in [0.25, 0.3) is 5.91 Å². The molecule has 1 aromatic rings. The Morgan fingerprint density at radius 1 is 1.07 bits per heavy atom. The fourth-order valence-corrected chi connectivity index (χ4v) is 5.01. The Kier molecular flexibility index (Phi) is 6.02. The first-order valence-corrected chi connectivity index (χ1v) is 11.2. The molecule has 1 aliphatic carbocycles. The molecular formula is C22H29ClN4O3. The molecule has 1 saturated carbocycles. The van der Waals surface area contributed by atoms with E-state index in [1.54, 1.807) is 11.8 Å². The first-order valence-electron chi connectivity index (χ1n) is 10.8. The second kappa shape index (κ2) is 8.55. The molecule has 8 heteroatoms. The molecule has 0 radical (unpaired) electrons. The van der Waals surface area contributed by atoms with Crippen molar-refractivity contribution < 1.29 is 14.4 Å². The Hall–Kier alpha value is -2.12. The summed E-state index contributed by atoms with van der Waals surface area (Å²) in [6.07, 6.45) is 4.04. The van der Waals surface area contributed by atoms with Crippen LogP contribution in [0.4, 0.5) is 4.79 Å². The van der Waals surface area contributed by atoms with Crippen LogP contribution in [0.5, 0.6) is 0 Å². The summed E-state index contributed by atoms with van der Waals surface area (Å²) in [5.74, 6) is -0.382. The van der Waals surface area contributed by atoms with Crippen molar-refractivity contribution >= 4 is 29.4 Å². The molecule has 2 heterocycles. The predicted molar refractivity (Wildman–Crippen MR) is 114 cm³/mol. The molecule has 3 fully saturated rings. The summed E-state index contributed by atoms with van der Waals surface area (Å²) in [7, 11) is 0. The normalized spacial score (nSPS) is 23.0. The topological polar surface area (TPSA) is 73.0 Å². The van der Waals surface area contributed by atoms with Gasteiger partial charge >= 0.3 is 6.03 Å². The zero-order chi connectivity index (χ0) is 21.3. The van der Waals surface area contributed by atoms with E-state index in [2.05, 4.69) is 10.2 Å². The van der Waals surface area contributed by atoms with E-state index < -0.39 is 17.6 Å². The number of hydrogen-bond acceptors (Lipinski definition) is 4. The van der Waals surface area contributed by atoms with Crippen LogP contribution in [0.3, 0.4) is 0 Å². The van der Waals surface area contributed by atoms with E-state index in [0.717, 1.165) is 48.8 Å². The van der Waals surface area contributed by atoms with Gasteiger partial charge in [-0.25, -0.2) is 9.69 Å². The summed E-state index contributed by atoms with van der Waals surface area (Å²) in [5, 5.41) is 3.59. The van der Waals surface area contributed by atoms with Crippen LogP contribution in [0.15, 0.2) is 24.3 Å². The first kappa shape index (κ1) is 21.1. The minimum atomic E-state index is -0.778. The van der Waals surface area contributed by atoms with E-state index in [0.29, 0.717) is 25.9 Å². The first-order chi connectivity index (χ1) is 14.4. The highest BCUT2D eigenvalue weighted by Crippen LogP contribution is 2.36. The molecule has 30 heavy (non-hydrogen) atoms. The van der Waals surface area contributed by atoms with Crippen LogP contribution in [-0.2, 0) is 16.1 Å². The van der Waals surface area contributed by atoms with Crippen LogP contribution in [0, 0.1) is 0 Å². The van der Waals surface area contributed by atoms with Crippen LogP contribution in [-0.4, -0.2) is 70.3 Å². The quantitative estimate of drug-likeness (QED) is 0.742. The van der Waals surface area contributed by atoms with Crippen molar-refractivity contribution in [2.24, 2.45) is 0 Å². The average Bonchev–Trinajstić information content (AvgIpc) is 3.20. The molecule has 1 N–H and O–H groups in total.